The lowest BCUT2D eigenvalue weighted by Crippen LogP contribution is -2.22. The van der Waals surface area contributed by atoms with E-state index in [0.29, 0.717) is 6.04 Å². The molecule has 4 rings (SSSR count). The summed E-state index contributed by atoms with van der Waals surface area (Å²) in [4.78, 5) is 11.7. The van der Waals surface area contributed by atoms with Gasteiger partial charge in [0.1, 0.15) is 11.3 Å². The Labute approximate surface area is 127 Å². The Kier molecular flexibility index (Phi) is 3.24. The number of nitrogens with zero attached hydrogens (tertiary/aromatic N) is 3. The lowest BCUT2D eigenvalue weighted by molar-refractivity contribution is 0.245. The summed E-state index contributed by atoms with van der Waals surface area (Å²) >= 11 is 1.82. The fourth-order valence-electron chi connectivity index (χ4n) is 3.02. The third kappa shape index (κ3) is 2.47. The molecular weight excluding hydrogens is 282 g/mol. The molecule has 1 aliphatic heterocycles. The lowest BCUT2D eigenvalue weighted by Gasteiger charge is -2.21. The summed E-state index contributed by atoms with van der Waals surface area (Å²) in [5.74, 6) is 0.737. The second-order valence-corrected chi connectivity index (χ2v) is 6.57. The molecule has 5 heteroatoms. The SMILES string of the molecule is Cc1nc(CN2CCCC2c2nc3ccccc3s2)co1. The van der Waals surface area contributed by atoms with Crippen molar-refractivity contribution < 1.29 is 4.42 Å². The first-order chi connectivity index (χ1) is 10.3. The standard InChI is InChI=1S/C16H17N3OS/c1-11-17-12(10-20-11)9-19-8-4-6-14(19)16-18-13-5-2-3-7-15(13)21-16/h2-3,5,7,10,14H,4,6,8-9H2,1H3. The van der Waals surface area contributed by atoms with Crippen LogP contribution in [0.3, 0.4) is 0 Å². The van der Waals surface area contributed by atoms with Gasteiger partial charge in [-0.05, 0) is 31.5 Å². The number of benzene rings is 1. The van der Waals surface area contributed by atoms with Gasteiger partial charge < -0.3 is 4.42 Å². The van der Waals surface area contributed by atoms with E-state index < -0.39 is 0 Å². The number of aryl methyl sites for hydroxylation is 1. The van der Waals surface area contributed by atoms with Crippen LogP contribution in [0.5, 0.6) is 0 Å². The van der Waals surface area contributed by atoms with Crippen LogP contribution >= 0.6 is 11.3 Å². The van der Waals surface area contributed by atoms with Crippen LogP contribution in [0, 0.1) is 6.92 Å². The van der Waals surface area contributed by atoms with Gasteiger partial charge in [0.15, 0.2) is 5.89 Å². The molecule has 4 nitrogen and oxygen atoms in total. The molecule has 1 aromatic carbocycles. The molecule has 0 bridgehead atoms. The fourth-order valence-corrected chi connectivity index (χ4v) is 4.15. The molecule has 21 heavy (non-hydrogen) atoms. The Morgan fingerprint density at radius 3 is 3.05 bits per heavy atom. The van der Waals surface area contributed by atoms with Crippen molar-refractivity contribution >= 4 is 21.6 Å². The predicted octanol–water partition coefficient (Wildman–Crippen LogP) is 3.93. The molecule has 3 heterocycles. The van der Waals surface area contributed by atoms with Gasteiger partial charge >= 0.3 is 0 Å². The highest BCUT2D eigenvalue weighted by molar-refractivity contribution is 7.18. The smallest absolute Gasteiger partial charge is 0.191 e. The Hall–Kier alpha value is -1.72. The van der Waals surface area contributed by atoms with Crippen LogP contribution in [0.25, 0.3) is 10.2 Å². The summed E-state index contributed by atoms with van der Waals surface area (Å²) in [6, 6.07) is 8.79. The molecule has 1 fully saturated rings. The molecule has 1 saturated heterocycles. The zero-order valence-corrected chi connectivity index (χ0v) is 12.8. The number of rotatable bonds is 3. The number of thiazole rings is 1. The van der Waals surface area contributed by atoms with Crippen molar-refractivity contribution in [3.05, 3.63) is 47.1 Å². The van der Waals surface area contributed by atoms with Crippen LogP contribution in [0.2, 0.25) is 0 Å². The molecule has 0 aliphatic carbocycles. The van der Waals surface area contributed by atoms with E-state index in [1.54, 1.807) is 6.26 Å². The zero-order valence-electron chi connectivity index (χ0n) is 12.0. The third-order valence-electron chi connectivity index (χ3n) is 3.99. The van der Waals surface area contributed by atoms with Gasteiger partial charge in [0, 0.05) is 13.5 Å². The van der Waals surface area contributed by atoms with E-state index in [4.69, 9.17) is 9.40 Å². The van der Waals surface area contributed by atoms with Crippen molar-refractivity contribution in [2.45, 2.75) is 32.4 Å². The first-order valence-electron chi connectivity index (χ1n) is 7.30. The second kappa shape index (κ2) is 5.24. The average Bonchev–Trinajstić information content (AvgIpc) is 3.18. The molecular formula is C16H17N3OS. The molecule has 0 N–H and O–H groups in total. The number of hydrogen-bond donors (Lipinski definition) is 0. The maximum Gasteiger partial charge on any atom is 0.191 e. The fraction of sp³-hybridized carbons (Fsp3) is 0.375. The summed E-state index contributed by atoms with van der Waals surface area (Å²) in [6.07, 6.45) is 4.16. The first kappa shape index (κ1) is 13.0. The summed E-state index contributed by atoms with van der Waals surface area (Å²) < 4.78 is 6.59. The molecule has 108 valence electrons. The monoisotopic (exact) mass is 299 g/mol. The Bertz CT molecular complexity index is 731. The van der Waals surface area contributed by atoms with Crippen LogP contribution < -0.4 is 0 Å². The number of para-hydroxylation sites is 1. The van der Waals surface area contributed by atoms with Crippen molar-refractivity contribution in [3.63, 3.8) is 0 Å². The summed E-state index contributed by atoms with van der Waals surface area (Å²) in [7, 11) is 0. The van der Waals surface area contributed by atoms with Crippen LogP contribution in [0.1, 0.15) is 35.5 Å². The molecule has 0 amide bonds. The van der Waals surface area contributed by atoms with Gasteiger partial charge in [-0.3, -0.25) is 4.90 Å². The zero-order chi connectivity index (χ0) is 14.2. The molecule has 3 aromatic rings. The second-order valence-electron chi connectivity index (χ2n) is 5.51. The lowest BCUT2D eigenvalue weighted by atomic mass is 10.2. The van der Waals surface area contributed by atoms with E-state index in [-0.39, 0.29) is 0 Å². The van der Waals surface area contributed by atoms with E-state index in [2.05, 4.69) is 34.1 Å². The van der Waals surface area contributed by atoms with Crippen LogP contribution in [0.15, 0.2) is 34.9 Å². The van der Waals surface area contributed by atoms with E-state index in [1.807, 2.05) is 18.3 Å². The minimum absolute atomic E-state index is 0.416. The number of hydrogen-bond acceptors (Lipinski definition) is 5. The minimum atomic E-state index is 0.416. The third-order valence-corrected chi connectivity index (χ3v) is 5.13. The highest BCUT2D eigenvalue weighted by Gasteiger charge is 2.29. The van der Waals surface area contributed by atoms with Crippen molar-refractivity contribution in [2.75, 3.05) is 6.54 Å². The molecule has 1 unspecified atom stereocenters. The summed E-state index contributed by atoms with van der Waals surface area (Å²) in [6.45, 7) is 3.84. The maximum absolute atomic E-state index is 5.31. The highest BCUT2D eigenvalue weighted by atomic mass is 32.1. The van der Waals surface area contributed by atoms with Crippen LogP contribution in [-0.4, -0.2) is 21.4 Å². The summed E-state index contributed by atoms with van der Waals surface area (Å²) in [5.41, 5.74) is 2.13. The van der Waals surface area contributed by atoms with Crippen molar-refractivity contribution in [3.8, 4) is 0 Å². The normalized spacial score (nSPS) is 19.6. The van der Waals surface area contributed by atoms with Crippen LogP contribution in [-0.2, 0) is 6.54 Å². The first-order valence-corrected chi connectivity index (χ1v) is 8.12. The Morgan fingerprint density at radius 2 is 2.24 bits per heavy atom. The van der Waals surface area contributed by atoms with Gasteiger partial charge in [-0.2, -0.15) is 0 Å². The number of aromatic nitrogens is 2. The molecule has 0 saturated carbocycles. The molecule has 0 spiro atoms. The van der Waals surface area contributed by atoms with Crippen LogP contribution in [0.4, 0.5) is 0 Å². The molecule has 1 atom stereocenters. The molecule has 2 aromatic heterocycles. The van der Waals surface area contributed by atoms with E-state index in [0.717, 1.165) is 30.2 Å². The van der Waals surface area contributed by atoms with Gasteiger partial charge in [0.05, 0.1) is 22.0 Å². The molecule has 1 aliphatic rings. The summed E-state index contributed by atoms with van der Waals surface area (Å²) in [5, 5.41) is 1.23. The quantitative estimate of drug-likeness (QED) is 0.735. The Balaban J connectivity index is 1.60. The van der Waals surface area contributed by atoms with Gasteiger partial charge in [-0.15, -0.1) is 11.3 Å². The van der Waals surface area contributed by atoms with Gasteiger partial charge in [-0.1, -0.05) is 12.1 Å². The van der Waals surface area contributed by atoms with Gasteiger partial charge in [0.25, 0.3) is 0 Å². The van der Waals surface area contributed by atoms with E-state index in [9.17, 15) is 0 Å². The topological polar surface area (TPSA) is 42.2 Å². The largest absolute Gasteiger partial charge is 0.449 e. The Morgan fingerprint density at radius 1 is 1.33 bits per heavy atom. The van der Waals surface area contributed by atoms with E-state index in [1.165, 1.54) is 22.5 Å². The maximum atomic E-state index is 5.31. The predicted molar refractivity (Wildman–Crippen MR) is 83.2 cm³/mol. The average molecular weight is 299 g/mol. The minimum Gasteiger partial charge on any atom is -0.449 e. The van der Waals surface area contributed by atoms with Crippen molar-refractivity contribution in [1.29, 1.82) is 0 Å². The van der Waals surface area contributed by atoms with Crippen molar-refractivity contribution in [1.82, 2.24) is 14.9 Å². The molecule has 0 radical (unpaired) electrons. The number of oxazole rings is 1. The number of fused-ring (bicyclic) bond motifs is 1. The number of likely N-dealkylation sites (tertiary alicyclic amines) is 1. The van der Waals surface area contributed by atoms with Gasteiger partial charge in [0.2, 0.25) is 0 Å². The highest BCUT2D eigenvalue weighted by Crippen LogP contribution is 2.37. The van der Waals surface area contributed by atoms with Gasteiger partial charge in [-0.25, -0.2) is 9.97 Å². The van der Waals surface area contributed by atoms with Crippen molar-refractivity contribution in [2.24, 2.45) is 0 Å². The van der Waals surface area contributed by atoms with E-state index >= 15 is 0 Å².